The van der Waals surface area contributed by atoms with E-state index in [0.29, 0.717) is 45.4 Å². The highest BCUT2D eigenvalue weighted by molar-refractivity contribution is 5.89. The molecule has 2 N–H and O–H groups in total. The Morgan fingerprint density at radius 1 is 1.03 bits per heavy atom. The van der Waals surface area contributed by atoms with Crippen LogP contribution in [0.2, 0.25) is 0 Å². The molecule has 5 rings (SSSR count). The lowest BCUT2D eigenvalue weighted by molar-refractivity contribution is -0.156. The lowest BCUT2D eigenvalue weighted by Crippen LogP contribution is -2.55. The molecule has 0 radical (unpaired) electrons. The van der Waals surface area contributed by atoms with Crippen LogP contribution in [-0.4, -0.2) is 66.9 Å². The minimum atomic E-state index is -0.984. The molecular weight excluding hydrogens is 448 g/mol. The molecule has 8 heteroatoms. The van der Waals surface area contributed by atoms with E-state index in [1.54, 1.807) is 0 Å². The molecule has 0 spiro atoms. The van der Waals surface area contributed by atoms with Crippen molar-refractivity contribution in [3.8, 4) is 11.1 Å². The predicted octanol–water partition coefficient (Wildman–Crippen LogP) is 3.40. The van der Waals surface area contributed by atoms with Gasteiger partial charge in [0.1, 0.15) is 12.6 Å². The fraction of sp³-hybridized carbons (Fsp3) is 0.444. The number of benzene rings is 2. The fourth-order valence-electron chi connectivity index (χ4n) is 5.69. The van der Waals surface area contributed by atoms with Crippen LogP contribution in [0.25, 0.3) is 11.1 Å². The zero-order valence-corrected chi connectivity index (χ0v) is 19.6. The van der Waals surface area contributed by atoms with E-state index in [-0.39, 0.29) is 25.0 Å². The monoisotopic (exact) mass is 478 g/mol. The van der Waals surface area contributed by atoms with Gasteiger partial charge in [-0.3, -0.25) is 4.79 Å². The number of alkyl carbamates (subject to hydrolysis) is 1. The van der Waals surface area contributed by atoms with Crippen LogP contribution in [0.15, 0.2) is 48.5 Å². The first-order valence-corrected chi connectivity index (χ1v) is 12.2. The topological polar surface area (TPSA) is 105 Å². The summed E-state index contributed by atoms with van der Waals surface area (Å²) in [6, 6.07) is 15.5. The lowest BCUT2D eigenvalue weighted by Gasteiger charge is -2.39. The molecule has 2 aliphatic heterocycles. The standard InChI is InChI=1S/C27H30N2O6/c30-24(31)23-10-5-13-29(23)25(32)27(11-14-34-15-12-27)17-28-26(33)35-16-22-20-8-3-1-6-18(20)19-7-2-4-9-21(19)22/h1-4,6-9,22-23H,5,10-17H2,(H,28,33)(H,30,31). The third-order valence-electron chi connectivity index (χ3n) is 7.62. The van der Waals surface area contributed by atoms with Crippen molar-refractivity contribution in [3.63, 3.8) is 0 Å². The van der Waals surface area contributed by atoms with Gasteiger partial charge in [-0.25, -0.2) is 9.59 Å². The zero-order chi connectivity index (χ0) is 24.4. The second-order valence-corrected chi connectivity index (χ2v) is 9.57. The van der Waals surface area contributed by atoms with Gasteiger partial charge >= 0.3 is 12.1 Å². The first-order valence-electron chi connectivity index (χ1n) is 12.2. The molecule has 1 atom stereocenters. The van der Waals surface area contributed by atoms with Gasteiger partial charge in [0.15, 0.2) is 0 Å². The SMILES string of the molecule is O=C(NCC1(C(=O)N2CCCC2C(=O)O)CCOCC1)OCC1c2ccccc2-c2ccccc21. The number of carboxylic acids is 1. The third kappa shape index (κ3) is 4.38. The maximum absolute atomic E-state index is 13.5. The molecule has 184 valence electrons. The second-order valence-electron chi connectivity index (χ2n) is 9.57. The number of amides is 2. The summed E-state index contributed by atoms with van der Waals surface area (Å²) in [6.45, 7) is 1.49. The van der Waals surface area contributed by atoms with E-state index in [2.05, 4.69) is 29.6 Å². The third-order valence-corrected chi connectivity index (χ3v) is 7.62. The quantitative estimate of drug-likeness (QED) is 0.659. The van der Waals surface area contributed by atoms with Crippen LogP contribution in [0.5, 0.6) is 0 Å². The molecule has 2 heterocycles. The Morgan fingerprint density at radius 2 is 1.66 bits per heavy atom. The van der Waals surface area contributed by atoms with Crippen molar-refractivity contribution >= 4 is 18.0 Å². The fourth-order valence-corrected chi connectivity index (χ4v) is 5.69. The number of ether oxygens (including phenoxy) is 2. The van der Waals surface area contributed by atoms with E-state index in [9.17, 15) is 19.5 Å². The highest BCUT2D eigenvalue weighted by Crippen LogP contribution is 2.44. The average molecular weight is 479 g/mol. The summed E-state index contributed by atoms with van der Waals surface area (Å²) in [5, 5.41) is 12.3. The minimum absolute atomic E-state index is 0.0484. The number of hydrogen-bond donors (Lipinski definition) is 2. The number of fused-ring (bicyclic) bond motifs is 3. The van der Waals surface area contributed by atoms with Crippen molar-refractivity contribution in [2.45, 2.75) is 37.6 Å². The molecule has 0 saturated carbocycles. The first kappa shape index (κ1) is 23.4. The van der Waals surface area contributed by atoms with E-state index in [0.717, 1.165) is 22.3 Å². The van der Waals surface area contributed by atoms with Gasteiger partial charge in [-0.2, -0.15) is 0 Å². The molecule has 1 aliphatic carbocycles. The van der Waals surface area contributed by atoms with Crippen molar-refractivity contribution < 1.29 is 29.0 Å². The maximum atomic E-state index is 13.5. The number of hydrogen-bond acceptors (Lipinski definition) is 5. The summed E-state index contributed by atoms with van der Waals surface area (Å²) < 4.78 is 11.1. The molecule has 2 aromatic rings. The average Bonchev–Trinajstić information content (AvgIpc) is 3.50. The highest BCUT2D eigenvalue weighted by atomic mass is 16.5. The Kier molecular flexibility index (Phi) is 6.47. The number of carbonyl (C=O) groups is 3. The van der Waals surface area contributed by atoms with Crippen molar-refractivity contribution in [1.82, 2.24) is 10.2 Å². The molecular formula is C27H30N2O6. The van der Waals surface area contributed by atoms with Gasteiger partial charge in [-0.15, -0.1) is 0 Å². The van der Waals surface area contributed by atoms with Gasteiger partial charge in [0.05, 0.1) is 5.41 Å². The minimum Gasteiger partial charge on any atom is -0.480 e. The van der Waals surface area contributed by atoms with Gasteiger partial charge < -0.3 is 24.8 Å². The molecule has 2 aromatic carbocycles. The number of aliphatic carboxylic acids is 1. The molecule has 1 unspecified atom stereocenters. The highest BCUT2D eigenvalue weighted by Gasteiger charge is 2.47. The largest absolute Gasteiger partial charge is 0.480 e. The smallest absolute Gasteiger partial charge is 0.407 e. The number of carbonyl (C=O) groups excluding carboxylic acids is 2. The van der Waals surface area contributed by atoms with Gasteiger partial charge in [-0.1, -0.05) is 48.5 Å². The van der Waals surface area contributed by atoms with Crippen molar-refractivity contribution in [2.75, 3.05) is 32.9 Å². The molecule has 0 bridgehead atoms. The summed E-state index contributed by atoms with van der Waals surface area (Å²) >= 11 is 0. The van der Waals surface area contributed by atoms with Gasteiger partial charge in [0.25, 0.3) is 0 Å². The Morgan fingerprint density at radius 3 is 2.29 bits per heavy atom. The Hall–Kier alpha value is -3.39. The molecule has 35 heavy (non-hydrogen) atoms. The molecule has 2 fully saturated rings. The number of nitrogens with zero attached hydrogens (tertiary/aromatic N) is 1. The Balaban J connectivity index is 1.25. The van der Waals surface area contributed by atoms with Gasteiger partial charge in [-0.05, 0) is 47.9 Å². The van der Waals surface area contributed by atoms with Crippen molar-refractivity contribution in [3.05, 3.63) is 59.7 Å². The number of rotatable bonds is 6. The molecule has 8 nitrogen and oxygen atoms in total. The summed E-state index contributed by atoms with van der Waals surface area (Å²) in [7, 11) is 0. The lowest BCUT2D eigenvalue weighted by atomic mass is 9.78. The first-order chi connectivity index (χ1) is 17.0. The van der Waals surface area contributed by atoms with E-state index in [4.69, 9.17) is 9.47 Å². The number of likely N-dealkylation sites (tertiary alicyclic amines) is 1. The van der Waals surface area contributed by atoms with Crippen LogP contribution in [0.1, 0.15) is 42.7 Å². The Bertz CT molecular complexity index is 1080. The van der Waals surface area contributed by atoms with Crippen LogP contribution in [0.4, 0.5) is 4.79 Å². The van der Waals surface area contributed by atoms with Crippen molar-refractivity contribution in [2.24, 2.45) is 5.41 Å². The van der Waals surface area contributed by atoms with E-state index in [1.165, 1.54) is 4.90 Å². The van der Waals surface area contributed by atoms with Crippen LogP contribution in [-0.2, 0) is 19.1 Å². The summed E-state index contributed by atoms with van der Waals surface area (Å²) in [5.41, 5.74) is 3.68. The number of carboxylic acid groups (broad SMARTS) is 1. The van der Waals surface area contributed by atoms with E-state index in [1.807, 2.05) is 24.3 Å². The molecule has 2 amide bonds. The van der Waals surface area contributed by atoms with E-state index >= 15 is 0 Å². The van der Waals surface area contributed by atoms with Crippen LogP contribution >= 0.6 is 0 Å². The molecule has 0 aromatic heterocycles. The maximum Gasteiger partial charge on any atom is 0.407 e. The summed E-state index contributed by atoms with van der Waals surface area (Å²) in [4.78, 5) is 39.4. The second kappa shape index (κ2) is 9.70. The normalized spacial score (nSPS) is 20.7. The predicted molar refractivity (Wildman–Crippen MR) is 128 cm³/mol. The number of nitrogens with one attached hydrogen (secondary N) is 1. The molecule has 2 saturated heterocycles. The van der Waals surface area contributed by atoms with Crippen LogP contribution < -0.4 is 5.32 Å². The Labute approximate surface area is 204 Å². The zero-order valence-electron chi connectivity index (χ0n) is 19.6. The van der Waals surface area contributed by atoms with Gasteiger partial charge in [0, 0.05) is 32.2 Å². The van der Waals surface area contributed by atoms with Gasteiger partial charge in [0.2, 0.25) is 5.91 Å². The molecule has 3 aliphatic rings. The van der Waals surface area contributed by atoms with E-state index < -0.39 is 23.5 Å². The van der Waals surface area contributed by atoms with Crippen LogP contribution in [0.3, 0.4) is 0 Å². The summed E-state index contributed by atoms with van der Waals surface area (Å²) in [5.74, 6) is -1.25. The summed E-state index contributed by atoms with van der Waals surface area (Å²) in [6.07, 6.45) is 1.39. The van der Waals surface area contributed by atoms with Crippen LogP contribution in [0, 0.1) is 5.41 Å². The van der Waals surface area contributed by atoms with Crippen molar-refractivity contribution in [1.29, 1.82) is 0 Å².